The van der Waals surface area contributed by atoms with Gasteiger partial charge >= 0.3 is 0 Å². The molecule has 0 saturated heterocycles. The number of benzene rings is 2. The second-order valence-electron chi connectivity index (χ2n) is 6.38. The van der Waals surface area contributed by atoms with Crippen LogP contribution in [0.25, 0.3) is 0 Å². The van der Waals surface area contributed by atoms with Crippen molar-refractivity contribution in [2.24, 2.45) is 0 Å². The van der Waals surface area contributed by atoms with Crippen LogP contribution in [0.2, 0.25) is 0 Å². The lowest BCUT2D eigenvalue weighted by Crippen LogP contribution is -2.08. The largest absolute Gasteiger partial charge is 0.491 e. The lowest BCUT2D eigenvalue weighted by atomic mass is 10.1. The summed E-state index contributed by atoms with van der Waals surface area (Å²) in [4.78, 5) is 8.71. The molecule has 5 nitrogen and oxygen atoms in total. The Morgan fingerprint density at radius 2 is 1.74 bits per heavy atom. The molecule has 0 bridgehead atoms. The molecule has 3 aromatic rings. The van der Waals surface area contributed by atoms with Crippen LogP contribution >= 0.6 is 0 Å². The molecular formula is C21H23FN4O. The van der Waals surface area contributed by atoms with E-state index in [1.54, 1.807) is 18.3 Å². The number of anilines is 3. The van der Waals surface area contributed by atoms with Gasteiger partial charge in [0.1, 0.15) is 17.4 Å². The molecule has 0 aliphatic heterocycles. The Labute approximate surface area is 158 Å². The molecule has 0 amide bonds. The lowest BCUT2D eigenvalue weighted by Gasteiger charge is -2.11. The molecule has 27 heavy (non-hydrogen) atoms. The molecule has 1 heterocycles. The van der Waals surface area contributed by atoms with Gasteiger partial charge in [-0.1, -0.05) is 12.1 Å². The Kier molecular flexibility index (Phi) is 6.20. The Morgan fingerprint density at radius 3 is 2.44 bits per heavy atom. The van der Waals surface area contributed by atoms with Crippen molar-refractivity contribution < 1.29 is 9.13 Å². The van der Waals surface area contributed by atoms with E-state index in [1.165, 1.54) is 12.1 Å². The minimum absolute atomic E-state index is 0.143. The van der Waals surface area contributed by atoms with Crippen molar-refractivity contribution >= 4 is 17.5 Å². The van der Waals surface area contributed by atoms with Crippen molar-refractivity contribution in [2.45, 2.75) is 26.4 Å². The summed E-state index contributed by atoms with van der Waals surface area (Å²) in [5.41, 5.74) is 1.95. The summed E-state index contributed by atoms with van der Waals surface area (Å²) < 4.78 is 18.6. The smallest absolute Gasteiger partial charge is 0.229 e. The van der Waals surface area contributed by atoms with E-state index in [2.05, 4.69) is 20.6 Å². The average molecular weight is 366 g/mol. The third kappa shape index (κ3) is 5.95. The molecule has 140 valence electrons. The van der Waals surface area contributed by atoms with Crippen molar-refractivity contribution in [3.63, 3.8) is 0 Å². The molecule has 6 heteroatoms. The summed E-state index contributed by atoms with van der Waals surface area (Å²) in [6.45, 7) is 4.69. The Bertz CT molecular complexity index is 851. The fraction of sp³-hybridized carbons (Fsp3) is 0.238. The van der Waals surface area contributed by atoms with Crippen molar-refractivity contribution in [1.82, 2.24) is 9.97 Å². The maximum absolute atomic E-state index is 12.9. The number of rotatable bonds is 8. The highest BCUT2D eigenvalue weighted by Gasteiger charge is 2.02. The van der Waals surface area contributed by atoms with Crippen LogP contribution in [-0.2, 0) is 6.42 Å². The second-order valence-corrected chi connectivity index (χ2v) is 6.38. The fourth-order valence-electron chi connectivity index (χ4n) is 2.52. The van der Waals surface area contributed by atoms with Gasteiger partial charge in [0.15, 0.2) is 0 Å². The zero-order valence-electron chi connectivity index (χ0n) is 15.4. The van der Waals surface area contributed by atoms with Crippen LogP contribution in [0.1, 0.15) is 19.4 Å². The SMILES string of the molecule is CC(C)Oc1ccc(Nc2nccc(NCCc3ccc(F)cc3)n2)cc1. The summed E-state index contributed by atoms with van der Waals surface area (Å²) in [6.07, 6.45) is 2.63. The van der Waals surface area contributed by atoms with E-state index in [-0.39, 0.29) is 11.9 Å². The Morgan fingerprint density at radius 1 is 1.00 bits per heavy atom. The number of hydrogen-bond donors (Lipinski definition) is 2. The predicted octanol–water partition coefficient (Wildman–Crippen LogP) is 4.80. The number of hydrogen-bond acceptors (Lipinski definition) is 5. The van der Waals surface area contributed by atoms with Gasteiger partial charge in [-0.2, -0.15) is 4.98 Å². The van der Waals surface area contributed by atoms with E-state index in [4.69, 9.17) is 4.74 Å². The lowest BCUT2D eigenvalue weighted by molar-refractivity contribution is 0.242. The predicted molar refractivity (Wildman–Crippen MR) is 106 cm³/mol. The first-order valence-corrected chi connectivity index (χ1v) is 8.93. The van der Waals surface area contributed by atoms with Gasteiger partial charge < -0.3 is 15.4 Å². The molecule has 0 aliphatic rings. The van der Waals surface area contributed by atoms with Gasteiger partial charge in [-0.05, 0) is 68.3 Å². The normalized spacial score (nSPS) is 10.7. The van der Waals surface area contributed by atoms with Crippen molar-refractivity contribution in [3.8, 4) is 5.75 Å². The minimum Gasteiger partial charge on any atom is -0.491 e. The quantitative estimate of drug-likeness (QED) is 0.600. The van der Waals surface area contributed by atoms with Crippen LogP contribution in [0.15, 0.2) is 60.8 Å². The van der Waals surface area contributed by atoms with Crippen LogP contribution in [0.4, 0.5) is 21.8 Å². The fourth-order valence-corrected chi connectivity index (χ4v) is 2.52. The zero-order chi connectivity index (χ0) is 19.1. The van der Waals surface area contributed by atoms with Gasteiger partial charge in [0.2, 0.25) is 5.95 Å². The molecule has 0 aliphatic carbocycles. The molecule has 2 N–H and O–H groups in total. The molecule has 0 unspecified atom stereocenters. The molecule has 1 aromatic heterocycles. The summed E-state index contributed by atoms with van der Waals surface area (Å²) in [7, 11) is 0. The van der Waals surface area contributed by atoms with Crippen LogP contribution in [-0.4, -0.2) is 22.6 Å². The van der Waals surface area contributed by atoms with Crippen LogP contribution < -0.4 is 15.4 Å². The van der Waals surface area contributed by atoms with Crippen molar-refractivity contribution in [1.29, 1.82) is 0 Å². The number of nitrogens with one attached hydrogen (secondary N) is 2. The molecule has 0 radical (unpaired) electrons. The third-order valence-electron chi connectivity index (χ3n) is 3.77. The molecule has 3 rings (SSSR count). The summed E-state index contributed by atoms with van der Waals surface area (Å²) >= 11 is 0. The average Bonchev–Trinajstić information content (AvgIpc) is 2.65. The Balaban J connectivity index is 1.54. The van der Waals surface area contributed by atoms with Gasteiger partial charge in [0.05, 0.1) is 6.10 Å². The van der Waals surface area contributed by atoms with E-state index in [0.717, 1.165) is 29.2 Å². The highest BCUT2D eigenvalue weighted by atomic mass is 19.1. The highest BCUT2D eigenvalue weighted by molar-refractivity contribution is 5.55. The van der Waals surface area contributed by atoms with Gasteiger partial charge in [0.25, 0.3) is 0 Å². The number of nitrogens with zero attached hydrogens (tertiary/aromatic N) is 2. The highest BCUT2D eigenvalue weighted by Crippen LogP contribution is 2.19. The van der Waals surface area contributed by atoms with Crippen LogP contribution in [0.5, 0.6) is 5.75 Å². The van der Waals surface area contributed by atoms with Gasteiger partial charge in [0, 0.05) is 18.4 Å². The van der Waals surface area contributed by atoms with E-state index in [9.17, 15) is 4.39 Å². The van der Waals surface area contributed by atoms with Gasteiger partial charge in [-0.15, -0.1) is 0 Å². The zero-order valence-corrected chi connectivity index (χ0v) is 15.4. The number of aromatic nitrogens is 2. The minimum atomic E-state index is -0.220. The van der Waals surface area contributed by atoms with Crippen LogP contribution in [0, 0.1) is 5.82 Å². The van der Waals surface area contributed by atoms with Gasteiger partial charge in [-0.25, -0.2) is 9.37 Å². The monoisotopic (exact) mass is 366 g/mol. The van der Waals surface area contributed by atoms with Crippen LogP contribution in [0.3, 0.4) is 0 Å². The summed E-state index contributed by atoms with van der Waals surface area (Å²) in [5.74, 6) is 1.85. The maximum atomic E-state index is 12.9. The number of halogens is 1. The second kappa shape index (κ2) is 8.98. The Hall–Kier alpha value is -3.15. The topological polar surface area (TPSA) is 59.1 Å². The van der Waals surface area contributed by atoms with E-state index >= 15 is 0 Å². The first-order chi connectivity index (χ1) is 13.1. The molecule has 0 atom stereocenters. The van der Waals surface area contributed by atoms with Gasteiger partial charge in [-0.3, -0.25) is 0 Å². The van der Waals surface area contributed by atoms with Crippen molar-refractivity contribution in [2.75, 3.05) is 17.2 Å². The maximum Gasteiger partial charge on any atom is 0.229 e. The molecular weight excluding hydrogens is 343 g/mol. The first kappa shape index (κ1) is 18.6. The molecule has 0 saturated carbocycles. The van der Waals surface area contributed by atoms with Crippen molar-refractivity contribution in [3.05, 3.63) is 72.2 Å². The summed E-state index contributed by atoms with van der Waals surface area (Å²) in [6, 6.07) is 16.0. The molecule has 2 aromatic carbocycles. The third-order valence-corrected chi connectivity index (χ3v) is 3.77. The van der Waals surface area contributed by atoms with E-state index in [0.29, 0.717) is 12.5 Å². The first-order valence-electron chi connectivity index (χ1n) is 8.93. The summed E-state index contributed by atoms with van der Waals surface area (Å²) in [5, 5.41) is 6.44. The molecule has 0 fully saturated rings. The van der Waals surface area contributed by atoms with E-state index < -0.39 is 0 Å². The number of ether oxygens (including phenoxy) is 1. The van der Waals surface area contributed by atoms with E-state index in [1.807, 2.05) is 44.2 Å². The standard InChI is InChI=1S/C21H23FN4O/c1-15(2)27-19-9-7-18(8-10-19)25-21-24-14-12-20(26-21)23-13-11-16-3-5-17(22)6-4-16/h3-10,12,14-15H,11,13H2,1-2H3,(H2,23,24,25,26). The molecule has 0 spiro atoms.